The highest BCUT2D eigenvalue weighted by atomic mass is 79.9. The van der Waals surface area contributed by atoms with Gasteiger partial charge in [0, 0.05) is 25.7 Å². The van der Waals surface area contributed by atoms with Crippen LogP contribution in [0.25, 0.3) is 0 Å². The van der Waals surface area contributed by atoms with Crippen molar-refractivity contribution in [3.8, 4) is 0 Å². The fourth-order valence-corrected chi connectivity index (χ4v) is 1.76. The molecule has 0 saturated carbocycles. The van der Waals surface area contributed by atoms with Gasteiger partial charge in [-0.2, -0.15) is 0 Å². The molecule has 1 aromatic carbocycles. The molecule has 0 unspecified atom stereocenters. The SMILES string of the molecule is CC(C)NCCNCc1ccc(F)c(Br)c1. The molecule has 4 heteroatoms. The van der Waals surface area contributed by atoms with Gasteiger partial charge in [0.1, 0.15) is 5.82 Å². The molecular weight excluding hydrogens is 271 g/mol. The average Bonchev–Trinajstić information content (AvgIpc) is 2.22. The van der Waals surface area contributed by atoms with Crippen molar-refractivity contribution in [1.82, 2.24) is 10.6 Å². The minimum absolute atomic E-state index is 0.217. The second kappa shape index (κ2) is 6.99. The summed E-state index contributed by atoms with van der Waals surface area (Å²) in [5, 5.41) is 6.62. The average molecular weight is 289 g/mol. The van der Waals surface area contributed by atoms with E-state index >= 15 is 0 Å². The number of hydrogen-bond acceptors (Lipinski definition) is 2. The van der Waals surface area contributed by atoms with Gasteiger partial charge in [-0.15, -0.1) is 0 Å². The van der Waals surface area contributed by atoms with E-state index in [1.165, 1.54) is 6.07 Å². The molecule has 0 aliphatic carbocycles. The Hall–Kier alpha value is -0.450. The van der Waals surface area contributed by atoms with Gasteiger partial charge in [-0.05, 0) is 33.6 Å². The van der Waals surface area contributed by atoms with Crippen LogP contribution < -0.4 is 10.6 Å². The first-order valence-electron chi connectivity index (χ1n) is 5.47. The van der Waals surface area contributed by atoms with E-state index in [1.54, 1.807) is 12.1 Å². The van der Waals surface area contributed by atoms with E-state index in [2.05, 4.69) is 40.4 Å². The molecule has 0 spiro atoms. The molecule has 0 saturated heterocycles. The molecule has 2 nitrogen and oxygen atoms in total. The number of nitrogens with one attached hydrogen (secondary N) is 2. The van der Waals surface area contributed by atoms with E-state index in [4.69, 9.17) is 0 Å². The van der Waals surface area contributed by atoms with E-state index in [1.807, 2.05) is 0 Å². The van der Waals surface area contributed by atoms with Gasteiger partial charge < -0.3 is 10.6 Å². The van der Waals surface area contributed by atoms with Gasteiger partial charge in [-0.3, -0.25) is 0 Å². The Labute approximate surface area is 105 Å². The molecule has 2 N–H and O–H groups in total. The highest BCUT2D eigenvalue weighted by Crippen LogP contribution is 2.16. The van der Waals surface area contributed by atoms with Crippen molar-refractivity contribution in [2.75, 3.05) is 13.1 Å². The van der Waals surface area contributed by atoms with Crippen molar-refractivity contribution >= 4 is 15.9 Å². The lowest BCUT2D eigenvalue weighted by Crippen LogP contribution is -2.31. The summed E-state index contributed by atoms with van der Waals surface area (Å²) < 4.78 is 13.5. The molecule has 0 fully saturated rings. The minimum Gasteiger partial charge on any atom is -0.313 e. The summed E-state index contributed by atoms with van der Waals surface area (Å²) in [6.07, 6.45) is 0. The molecule has 16 heavy (non-hydrogen) atoms. The first-order valence-corrected chi connectivity index (χ1v) is 6.27. The van der Waals surface area contributed by atoms with Crippen LogP contribution in [0.3, 0.4) is 0 Å². The van der Waals surface area contributed by atoms with Gasteiger partial charge in [0.15, 0.2) is 0 Å². The third-order valence-electron chi connectivity index (χ3n) is 2.17. The summed E-state index contributed by atoms with van der Waals surface area (Å²) in [5.74, 6) is -0.217. The second-order valence-corrected chi connectivity index (χ2v) is 4.89. The Balaban J connectivity index is 2.24. The standard InChI is InChI=1S/C12H18BrFN2/c1-9(2)16-6-5-15-8-10-3-4-12(14)11(13)7-10/h3-4,7,9,15-16H,5-6,8H2,1-2H3. The lowest BCUT2D eigenvalue weighted by Gasteiger charge is -2.09. The van der Waals surface area contributed by atoms with E-state index in [0.29, 0.717) is 10.5 Å². The molecule has 0 aliphatic heterocycles. The Bertz CT molecular complexity index is 329. The third-order valence-corrected chi connectivity index (χ3v) is 2.78. The highest BCUT2D eigenvalue weighted by Gasteiger charge is 1.99. The summed E-state index contributed by atoms with van der Waals surface area (Å²) in [6.45, 7) is 6.86. The van der Waals surface area contributed by atoms with Crippen LogP contribution in [0.4, 0.5) is 4.39 Å². The van der Waals surface area contributed by atoms with Crippen molar-refractivity contribution < 1.29 is 4.39 Å². The van der Waals surface area contributed by atoms with Crippen LogP contribution in [0, 0.1) is 5.82 Å². The lowest BCUT2D eigenvalue weighted by atomic mass is 10.2. The summed E-state index contributed by atoms with van der Waals surface area (Å²) in [6, 6.07) is 5.59. The summed E-state index contributed by atoms with van der Waals surface area (Å²) >= 11 is 3.17. The Morgan fingerprint density at radius 2 is 2.06 bits per heavy atom. The second-order valence-electron chi connectivity index (χ2n) is 4.03. The Kier molecular flexibility index (Phi) is 5.95. The van der Waals surface area contributed by atoms with Gasteiger partial charge in [-0.25, -0.2) is 4.39 Å². The molecular formula is C12H18BrFN2. The fraction of sp³-hybridized carbons (Fsp3) is 0.500. The Morgan fingerprint density at radius 1 is 1.31 bits per heavy atom. The highest BCUT2D eigenvalue weighted by molar-refractivity contribution is 9.10. The van der Waals surface area contributed by atoms with Gasteiger partial charge >= 0.3 is 0 Å². The first kappa shape index (κ1) is 13.6. The summed E-state index contributed by atoms with van der Waals surface area (Å²) in [5.41, 5.74) is 1.08. The third kappa shape index (κ3) is 5.05. The number of hydrogen-bond donors (Lipinski definition) is 2. The van der Waals surface area contributed by atoms with Crippen LogP contribution in [0.5, 0.6) is 0 Å². The predicted octanol–water partition coefficient (Wildman–Crippen LogP) is 2.68. The maximum atomic E-state index is 13.0. The smallest absolute Gasteiger partial charge is 0.137 e. The molecule has 90 valence electrons. The van der Waals surface area contributed by atoms with Crippen LogP contribution in [-0.2, 0) is 6.54 Å². The first-order chi connectivity index (χ1) is 7.59. The van der Waals surface area contributed by atoms with Crippen LogP contribution in [-0.4, -0.2) is 19.1 Å². The predicted molar refractivity (Wildman–Crippen MR) is 68.9 cm³/mol. The largest absolute Gasteiger partial charge is 0.313 e. The molecule has 1 aromatic rings. The monoisotopic (exact) mass is 288 g/mol. The quantitative estimate of drug-likeness (QED) is 0.787. The van der Waals surface area contributed by atoms with Crippen molar-refractivity contribution in [2.45, 2.75) is 26.4 Å². The molecule has 0 amide bonds. The van der Waals surface area contributed by atoms with Crippen molar-refractivity contribution in [2.24, 2.45) is 0 Å². The van der Waals surface area contributed by atoms with Gasteiger partial charge in [0.2, 0.25) is 0 Å². The molecule has 0 aromatic heterocycles. The van der Waals surface area contributed by atoms with E-state index in [9.17, 15) is 4.39 Å². The zero-order valence-electron chi connectivity index (χ0n) is 9.69. The maximum Gasteiger partial charge on any atom is 0.137 e. The maximum absolute atomic E-state index is 13.0. The number of halogens is 2. The summed E-state index contributed by atoms with van der Waals surface area (Å²) in [7, 11) is 0. The van der Waals surface area contributed by atoms with Crippen LogP contribution >= 0.6 is 15.9 Å². The molecule has 0 aliphatic rings. The topological polar surface area (TPSA) is 24.1 Å². The van der Waals surface area contributed by atoms with Crippen LogP contribution in [0.15, 0.2) is 22.7 Å². The van der Waals surface area contributed by atoms with Crippen molar-refractivity contribution in [3.63, 3.8) is 0 Å². The Morgan fingerprint density at radius 3 is 2.69 bits per heavy atom. The van der Waals surface area contributed by atoms with Gasteiger partial charge in [0.05, 0.1) is 4.47 Å². The van der Waals surface area contributed by atoms with Crippen LogP contribution in [0.2, 0.25) is 0 Å². The summed E-state index contributed by atoms with van der Waals surface area (Å²) in [4.78, 5) is 0. The number of benzene rings is 1. The van der Waals surface area contributed by atoms with Crippen molar-refractivity contribution in [1.29, 1.82) is 0 Å². The number of rotatable bonds is 6. The van der Waals surface area contributed by atoms with E-state index in [-0.39, 0.29) is 5.82 Å². The molecule has 0 radical (unpaired) electrons. The fourth-order valence-electron chi connectivity index (χ4n) is 1.33. The minimum atomic E-state index is -0.217. The zero-order chi connectivity index (χ0) is 12.0. The molecule has 0 atom stereocenters. The van der Waals surface area contributed by atoms with Crippen molar-refractivity contribution in [3.05, 3.63) is 34.1 Å². The molecule has 1 rings (SSSR count). The van der Waals surface area contributed by atoms with E-state index in [0.717, 1.165) is 25.2 Å². The normalized spacial score (nSPS) is 11.1. The lowest BCUT2D eigenvalue weighted by molar-refractivity contribution is 0.555. The van der Waals surface area contributed by atoms with Crippen LogP contribution in [0.1, 0.15) is 19.4 Å². The van der Waals surface area contributed by atoms with Gasteiger partial charge in [-0.1, -0.05) is 19.9 Å². The van der Waals surface area contributed by atoms with Gasteiger partial charge in [0.25, 0.3) is 0 Å². The van der Waals surface area contributed by atoms with E-state index < -0.39 is 0 Å². The zero-order valence-corrected chi connectivity index (χ0v) is 11.3. The molecule has 0 heterocycles. The molecule has 0 bridgehead atoms.